The summed E-state index contributed by atoms with van der Waals surface area (Å²) >= 11 is 1.25. The number of aliphatic carboxylic acids is 1. The summed E-state index contributed by atoms with van der Waals surface area (Å²) in [4.78, 5) is 38.3. The normalized spacial score (nSPS) is 25.8. The van der Waals surface area contributed by atoms with Gasteiger partial charge in [-0.3, -0.25) is 9.59 Å². The summed E-state index contributed by atoms with van der Waals surface area (Å²) in [5.74, 6) is -3.02. The van der Waals surface area contributed by atoms with Crippen LogP contribution < -0.4 is 5.32 Å². The SMILES string of the molecule is CC(C)OC(=O)c1c(-c2ccc(C3CCCCC3)cc2)csc1NC(=O)[C@H]1[C@@H](C(=O)O)[C@@H]2CC[C@@H]1O2. The molecule has 1 amide bonds. The van der Waals surface area contributed by atoms with E-state index in [0.29, 0.717) is 34.9 Å². The number of carboxylic acid groups (broad SMARTS) is 1. The van der Waals surface area contributed by atoms with E-state index in [9.17, 15) is 19.5 Å². The monoisotopic (exact) mass is 511 g/mol. The Bertz CT molecular complexity index is 1130. The minimum atomic E-state index is -1.02. The Labute approximate surface area is 215 Å². The molecule has 2 aliphatic heterocycles. The van der Waals surface area contributed by atoms with Crippen LogP contribution in [0.15, 0.2) is 29.6 Å². The van der Waals surface area contributed by atoms with E-state index in [4.69, 9.17) is 9.47 Å². The number of esters is 1. The lowest BCUT2D eigenvalue weighted by atomic mass is 9.78. The molecule has 0 spiro atoms. The van der Waals surface area contributed by atoms with Gasteiger partial charge in [-0.2, -0.15) is 0 Å². The van der Waals surface area contributed by atoms with Crippen molar-refractivity contribution in [2.45, 2.75) is 83.0 Å². The van der Waals surface area contributed by atoms with E-state index in [1.54, 1.807) is 13.8 Å². The van der Waals surface area contributed by atoms with Gasteiger partial charge in [0.1, 0.15) is 10.6 Å². The topological polar surface area (TPSA) is 102 Å². The number of anilines is 1. The maximum absolute atomic E-state index is 13.3. The first-order valence-electron chi connectivity index (χ1n) is 13.0. The number of carboxylic acids is 1. The molecular weight excluding hydrogens is 478 g/mol. The Kier molecular flexibility index (Phi) is 7.17. The highest BCUT2D eigenvalue weighted by atomic mass is 32.1. The highest BCUT2D eigenvalue weighted by molar-refractivity contribution is 7.15. The van der Waals surface area contributed by atoms with E-state index in [2.05, 4.69) is 17.4 Å². The number of thiophene rings is 1. The van der Waals surface area contributed by atoms with Crippen LogP contribution >= 0.6 is 11.3 Å². The van der Waals surface area contributed by atoms with Gasteiger partial charge in [0.15, 0.2) is 0 Å². The standard InChI is InChI=1S/C28H33NO6S/c1-15(2)34-28(33)22-19(18-10-8-17(9-11-18)16-6-4-3-5-7-16)14-36-26(22)29-25(30)23-20-12-13-21(35-20)24(23)27(31)32/h8-11,14-16,20-21,23-24H,3-7,12-13H2,1-2H3,(H,29,30)(H,31,32)/t20-,21-,23+,24-/m0/s1. The first-order valence-corrected chi connectivity index (χ1v) is 13.8. The zero-order valence-electron chi connectivity index (χ0n) is 20.7. The number of fused-ring (bicyclic) bond motifs is 2. The van der Waals surface area contributed by atoms with Crippen molar-refractivity contribution in [1.29, 1.82) is 0 Å². The highest BCUT2D eigenvalue weighted by Gasteiger charge is 2.55. The molecule has 3 fully saturated rings. The maximum atomic E-state index is 13.3. The molecule has 2 aromatic rings. The van der Waals surface area contributed by atoms with E-state index in [1.807, 2.05) is 17.5 Å². The number of rotatable bonds is 7. The zero-order chi connectivity index (χ0) is 25.4. The van der Waals surface area contributed by atoms with Gasteiger partial charge >= 0.3 is 11.9 Å². The predicted octanol–water partition coefficient (Wildman–Crippen LogP) is 5.84. The van der Waals surface area contributed by atoms with E-state index in [-0.39, 0.29) is 6.10 Å². The molecule has 1 saturated carbocycles. The van der Waals surface area contributed by atoms with E-state index in [0.717, 1.165) is 5.56 Å². The predicted molar refractivity (Wildman–Crippen MR) is 137 cm³/mol. The van der Waals surface area contributed by atoms with Crippen LogP contribution in [0.25, 0.3) is 11.1 Å². The van der Waals surface area contributed by atoms with Crippen LogP contribution in [0.5, 0.6) is 0 Å². The number of hydrogen-bond donors (Lipinski definition) is 2. The summed E-state index contributed by atoms with van der Waals surface area (Å²) in [6.07, 6.45) is 6.41. The van der Waals surface area contributed by atoms with Crippen LogP contribution in [0.1, 0.15) is 80.6 Å². The summed E-state index contributed by atoms with van der Waals surface area (Å²) in [5.41, 5.74) is 3.22. The van der Waals surface area contributed by atoms with Crippen LogP contribution in [0.2, 0.25) is 0 Å². The fourth-order valence-corrected chi connectivity index (χ4v) is 6.99. The molecule has 1 aromatic carbocycles. The van der Waals surface area contributed by atoms with Gasteiger partial charge in [0.25, 0.3) is 0 Å². The number of hydrogen-bond acceptors (Lipinski definition) is 6. The van der Waals surface area contributed by atoms with E-state index in [1.165, 1.54) is 49.0 Å². The molecule has 0 unspecified atom stereocenters. The number of amides is 1. The Hall–Kier alpha value is -2.71. The summed E-state index contributed by atoms with van der Waals surface area (Å²) < 4.78 is 11.3. The molecule has 7 nitrogen and oxygen atoms in total. The third-order valence-electron chi connectivity index (χ3n) is 7.73. The second-order valence-corrected chi connectivity index (χ2v) is 11.3. The molecule has 2 saturated heterocycles. The number of carbonyl (C=O) groups excluding carboxylic acids is 2. The van der Waals surface area contributed by atoms with Crippen LogP contribution in [-0.2, 0) is 19.1 Å². The van der Waals surface area contributed by atoms with Crippen molar-refractivity contribution in [2.75, 3.05) is 5.32 Å². The van der Waals surface area contributed by atoms with Crippen molar-refractivity contribution in [3.05, 3.63) is 40.8 Å². The fourth-order valence-electron chi connectivity index (χ4n) is 6.03. The van der Waals surface area contributed by atoms with Gasteiger partial charge in [0.2, 0.25) is 5.91 Å². The molecule has 36 heavy (non-hydrogen) atoms. The second kappa shape index (κ2) is 10.3. The molecule has 192 valence electrons. The highest BCUT2D eigenvalue weighted by Crippen LogP contribution is 2.45. The van der Waals surface area contributed by atoms with Gasteiger partial charge in [-0.15, -0.1) is 11.3 Å². The van der Waals surface area contributed by atoms with Crippen LogP contribution in [0, 0.1) is 11.8 Å². The van der Waals surface area contributed by atoms with Crippen LogP contribution in [0.3, 0.4) is 0 Å². The first-order chi connectivity index (χ1) is 17.3. The first kappa shape index (κ1) is 25.0. The molecular formula is C28H33NO6S. The van der Waals surface area contributed by atoms with Gasteiger partial charge in [-0.25, -0.2) is 4.79 Å². The molecule has 0 radical (unpaired) electrons. The zero-order valence-corrected chi connectivity index (χ0v) is 21.5. The molecule has 1 aliphatic carbocycles. The molecule has 4 atom stereocenters. The van der Waals surface area contributed by atoms with E-state index >= 15 is 0 Å². The Balaban J connectivity index is 1.42. The molecule has 2 N–H and O–H groups in total. The van der Waals surface area contributed by atoms with Crippen molar-refractivity contribution in [3.8, 4) is 11.1 Å². The molecule has 3 aliphatic rings. The van der Waals surface area contributed by atoms with Crippen molar-refractivity contribution in [1.82, 2.24) is 0 Å². The van der Waals surface area contributed by atoms with Crippen LogP contribution in [-0.4, -0.2) is 41.3 Å². The number of benzene rings is 1. The number of nitrogens with one attached hydrogen (secondary N) is 1. The van der Waals surface area contributed by atoms with Gasteiger partial charge < -0.3 is 19.9 Å². The van der Waals surface area contributed by atoms with Crippen LogP contribution in [0.4, 0.5) is 5.00 Å². The molecule has 3 heterocycles. The van der Waals surface area contributed by atoms with Crippen molar-refractivity contribution in [2.24, 2.45) is 11.8 Å². The molecule has 8 heteroatoms. The van der Waals surface area contributed by atoms with Crippen molar-refractivity contribution in [3.63, 3.8) is 0 Å². The smallest absolute Gasteiger partial charge is 0.342 e. The van der Waals surface area contributed by atoms with Crippen molar-refractivity contribution >= 4 is 34.2 Å². The summed E-state index contributed by atoms with van der Waals surface area (Å²) in [7, 11) is 0. The summed E-state index contributed by atoms with van der Waals surface area (Å²) in [5, 5.41) is 14.8. The van der Waals surface area contributed by atoms with Gasteiger partial charge in [-0.05, 0) is 56.6 Å². The molecule has 5 rings (SSSR count). The Morgan fingerprint density at radius 2 is 1.67 bits per heavy atom. The lowest BCUT2D eigenvalue weighted by Crippen LogP contribution is -2.41. The summed E-state index contributed by atoms with van der Waals surface area (Å²) in [6.45, 7) is 3.57. The van der Waals surface area contributed by atoms with Gasteiger partial charge in [0.05, 0.1) is 30.1 Å². The van der Waals surface area contributed by atoms with E-state index < -0.39 is 41.9 Å². The second-order valence-electron chi connectivity index (χ2n) is 10.4. The maximum Gasteiger partial charge on any atom is 0.342 e. The molecule has 2 bridgehead atoms. The third-order valence-corrected chi connectivity index (χ3v) is 8.63. The lowest BCUT2D eigenvalue weighted by Gasteiger charge is -2.24. The quantitative estimate of drug-likeness (QED) is 0.453. The lowest BCUT2D eigenvalue weighted by molar-refractivity contribution is -0.147. The minimum Gasteiger partial charge on any atom is -0.481 e. The largest absolute Gasteiger partial charge is 0.481 e. The van der Waals surface area contributed by atoms with Gasteiger partial charge in [-0.1, -0.05) is 43.5 Å². The Morgan fingerprint density at radius 3 is 2.31 bits per heavy atom. The van der Waals surface area contributed by atoms with Crippen molar-refractivity contribution < 1.29 is 29.0 Å². The minimum absolute atomic E-state index is 0.309. The number of ether oxygens (including phenoxy) is 2. The average Bonchev–Trinajstić information content (AvgIpc) is 3.59. The van der Waals surface area contributed by atoms with Gasteiger partial charge in [0, 0.05) is 10.9 Å². The fraction of sp³-hybridized carbons (Fsp3) is 0.536. The molecule has 1 aromatic heterocycles. The Morgan fingerprint density at radius 1 is 1.00 bits per heavy atom. The summed E-state index contributed by atoms with van der Waals surface area (Å²) in [6, 6.07) is 8.35. The third kappa shape index (κ3) is 4.81. The number of carbonyl (C=O) groups is 3. The average molecular weight is 512 g/mol.